The first-order valence-corrected chi connectivity index (χ1v) is 7.55. The SMILES string of the molecule is CC(C(=O)Nc1ccccc1Cl)N(C(=O)CN)c1ccccc1. The topological polar surface area (TPSA) is 75.4 Å². The summed E-state index contributed by atoms with van der Waals surface area (Å²) in [5.41, 5.74) is 6.60. The first-order chi connectivity index (χ1) is 11.0. The molecule has 0 fully saturated rings. The van der Waals surface area contributed by atoms with E-state index < -0.39 is 6.04 Å². The molecule has 2 aromatic carbocycles. The van der Waals surface area contributed by atoms with E-state index in [0.29, 0.717) is 16.4 Å². The second-order valence-electron chi connectivity index (χ2n) is 4.95. The number of anilines is 2. The molecule has 0 aliphatic rings. The Balaban J connectivity index is 2.23. The van der Waals surface area contributed by atoms with Crippen molar-refractivity contribution in [2.75, 3.05) is 16.8 Å². The highest BCUT2D eigenvalue weighted by Crippen LogP contribution is 2.22. The van der Waals surface area contributed by atoms with Crippen LogP contribution in [-0.2, 0) is 9.59 Å². The van der Waals surface area contributed by atoms with E-state index in [1.807, 2.05) is 6.07 Å². The largest absolute Gasteiger partial charge is 0.323 e. The van der Waals surface area contributed by atoms with Crippen molar-refractivity contribution in [2.45, 2.75) is 13.0 Å². The Morgan fingerprint density at radius 1 is 1.13 bits per heavy atom. The predicted octanol–water partition coefficient (Wildman–Crippen LogP) is 2.66. The Hall–Kier alpha value is -2.37. The fourth-order valence-corrected chi connectivity index (χ4v) is 2.37. The van der Waals surface area contributed by atoms with Gasteiger partial charge in [0, 0.05) is 5.69 Å². The number of nitrogens with one attached hydrogen (secondary N) is 1. The quantitative estimate of drug-likeness (QED) is 0.884. The molecule has 0 saturated carbocycles. The van der Waals surface area contributed by atoms with Crippen molar-refractivity contribution >= 4 is 34.8 Å². The molecular formula is C17H18ClN3O2. The minimum atomic E-state index is -0.732. The third-order valence-electron chi connectivity index (χ3n) is 3.38. The van der Waals surface area contributed by atoms with Gasteiger partial charge in [-0.2, -0.15) is 0 Å². The zero-order valence-electron chi connectivity index (χ0n) is 12.7. The van der Waals surface area contributed by atoms with Gasteiger partial charge in [0.05, 0.1) is 17.3 Å². The molecule has 0 saturated heterocycles. The Morgan fingerprint density at radius 2 is 1.74 bits per heavy atom. The van der Waals surface area contributed by atoms with Crippen LogP contribution in [0.15, 0.2) is 54.6 Å². The molecule has 1 unspecified atom stereocenters. The second kappa shape index (κ2) is 7.76. The maximum absolute atomic E-state index is 12.5. The van der Waals surface area contributed by atoms with Gasteiger partial charge in [0.15, 0.2) is 0 Å². The molecule has 0 aromatic heterocycles. The summed E-state index contributed by atoms with van der Waals surface area (Å²) in [7, 11) is 0. The Bertz CT molecular complexity index is 691. The molecule has 0 heterocycles. The number of benzene rings is 2. The van der Waals surface area contributed by atoms with Crippen molar-refractivity contribution in [3.05, 3.63) is 59.6 Å². The van der Waals surface area contributed by atoms with Crippen molar-refractivity contribution in [3.8, 4) is 0 Å². The molecule has 0 aliphatic heterocycles. The molecule has 6 heteroatoms. The zero-order chi connectivity index (χ0) is 16.8. The van der Waals surface area contributed by atoms with E-state index in [-0.39, 0.29) is 18.4 Å². The van der Waals surface area contributed by atoms with Crippen molar-refractivity contribution < 1.29 is 9.59 Å². The van der Waals surface area contributed by atoms with Crippen LogP contribution in [0.1, 0.15) is 6.92 Å². The molecule has 23 heavy (non-hydrogen) atoms. The van der Waals surface area contributed by atoms with Gasteiger partial charge in [0.1, 0.15) is 6.04 Å². The fraction of sp³-hybridized carbons (Fsp3) is 0.176. The standard InChI is InChI=1S/C17H18ClN3O2/c1-12(17(23)20-15-10-6-5-9-14(15)18)21(16(22)11-19)13-7-3-2-4-8-13/h2-10,12H,11,19H2,1H3,(H,20,23). The van der Waals surface area contributed by atoms with Crippen molar-refractivity contribution in [1.82, 2.24) is 0 Å². The van der Waals surface area contributed by atoms with Gasteiger partial charge in [-0.3, -0.25) is 14.5 Å². The first kappa shape index (κ1) is 17.0. The normalized spacial score (nSPS) is 11.6. The molecule has 0 spiro atoms. The molecular weight excluding hydrogens is 314 g/mol. The highest BCUT2D eigenvalue weighted by Gasteiger charge is 2.26. The van der Waals surface area contributed by atoms with Gasteiger partial charge in [-0.25, -0.2) is 0 Å². The summed E-state index contributed by atoms with van der Waals surface area (Å²) in [5.74, 6) is -0.679. The van der Waals surface area contributed by atoms with Crippen LogP contribution in [0, 0.1) is 0 Å². The molecule has 1 atom stereocenters. The van der Waals surface area contributed by atoms with Gasteiger partial charge in [0.25, 0.3) is 0 Å². The van der Waals surface area contributed by atoms with E-state index in [1.54, 1.807) is 55.5 Å². The minimum absolute atomic E-state index is 0.182. The average Bonchev–Trinajstić information content (AvgIpc) is 2.57. The van der Waals surface area contributed by atoms with E-state index in [2.05, 4.69) is 5.32 Å². The Labute approximate surface area is 140 Å². The predicted molar refractivity (Wildman–Crippen MR) is 92.5 cm³/mol. The van der Waals surface area contributed by atoms with Gasteiger partial charge >= 0.3 is 0 Å². The summed E-state index contributed by atoms with van der Waals surface area (Å²) >= 11 is 6.04. The highest BCUT2D eigenvalue weighted by atomic mass is 35.5. The van der Waals surface area contributed by atoms with Gasteiger partial charge < -0.3 is 11.1 Å². The Morgan fingerprint density at radius 3 is 2.35 bits per heavy atom. The number of nitrogens with two attached hydrogens (primary N) is 1. The number of halogens is 1. The third kappa shape index (κ3) is 4.09. The Kier molecular flexibility index (Phi) is 5.73. The number of carbonyl (C=O) groups is 2. The third-order valence-corrected chi connectivity index (χ3v) is 3.71. The second-order valence-corrected chi connectivity index (χ2v) is 5.36. The monoisotopic (exact) mass is 331 g/mol. The number of nitrogens with zero attached hydrogens (tertiary/aromatic N) is 1. The molecule has 2 rings (SSSR count). The molecule has 2 amide bonds. The van der Waals surface area contributed by atoms with Crippen molar-refractivity contribution in [1.29, 1.82) is 0 Å². The summed E-state index contributed by atoms with van der Waals surface area (Å²) in [6.07, 6.45) is 0. The van der Waals surface area contributed by atoms with E-state index in [9.17, 15) is 9.59 Å². The van der Waals surface area contributed by atoms with Gasteiger partial charge in [0.2, 0.25) is 11.8 Å². The number of hydrogen-bond acceptors (Lipinski definition) is 3. The maximum atomic E-state index is 12.5. The van der Waals surface area contributed by atoms with Gasteiger partial charge in [-0.05, 0) is 31.2 Å². The van der Waals surface area contributed by atoms with Crippen LogP contribution in [0.3, 0.4) is 0 Å². The lowest BCUT2D eigenvalue weighted by Gasteiger charge is -2.28. The smallest absolute Gasteiger partial charge is 0.247 e. The maximum Gasteiger partial charge on any atom is 0.247 e. The van der Waals surface area contributed by atoms with Crippen LogP contribution in [-0.4, -0.2) is 24.4 Å². The van der Waals surface area contributed by atoms with E-state index in [1.165, 1.54) is 4.90 Å². The molecule has 0 bridgehead atoms. The van der Waals surface area contributed by atoms with Crippen molar-refractivity contribution in [3.63, 3.8) is 0 Å². The van der Waals surface area contributed by atoms with E-state index >= 15 is 0 Å². The lowest BCUT2D eigenvalue weighted by molar-refractivity contribution is -0.122. The number of para-hydroxylation sites is 2. The lowest BCUT2D eigenvalue weighted by Crippen LogP contribution is -2.48. The molecule has 5 nitrogen and oxygen atoms in total. The number of carbonyl (C=O) groups excluding carboxylic acids is 2. The summed E-state index contributed by atoms with van der Waals surface area (Å²) < 4.78 is 0. The minimum Gasteiger partial charge on any atom is -0.323 e. The van der Waals surface area contributed by atoms with Gasteiger partial charge in [-0.15, -0.1) is 0 Å². The fourth-order valence-electron chi connectivity index (χ4n) is 2.19. The van der Waals surface area contributed by atoms with Gasteiger partial charge in [-0.1, -0.05) is 41.9 Å². The number of amides is 2. The van der Waals surface area contributed by atoms with Crippen LogP contribution in [0.2, 0.25) is 5.02 Å². The molecule has 120 valence electrons. The van der Waals surface area contributed by atoms with Crippen LogP contribution in [0.25, 0.3) is 0 Å². The summed E-state index contributed by atoms with van der Waals surface area (Å²) in [5, 5.41) is 3.17. The lowest BCUT2D eigenvalue weighted by atomic mass is 10.2. The number of rotatable bonds is 5. The summed E-state index contributed by atoms with van der Waals surface area (Å²) in [4.78, 5) is 26.0. The molecule has 3 N–H and O–H groups in total. The van der Waals surface area contributed by atoms with Crippen LogP contribution >= 0.6 is 11.6 Å². The molecule has 0 radical (unpaired) electrons. The van der Waals surface area contributed by atoms with Crippen LogP contribution in [0.4, 0.5) is 11.4 Å². The van der Waals surface area contributed by atoms with Crippen LogP contribution in [0.5, 0.6) is 0 Å². The van der Waals surface area contributed by atoms with E-state index in [0.717, 1.165) is 0 Å². The first-order valence-electron chi connectivity index (χ1n) is 7.17. The van der Waals surface area contributed by atoms with Crippen LogP contribution < -0.4 is 16.0 Å². The summed E-state index contributed by atoms with van der Waals surface area (Å²) in [6.45, 7) is 1.46. The zero-order valence-corrected chi connectivity index (χ0v) is 13.5. The molecule has 2 aromatic rings. The highest BCUT2D eigenvalue weighted by molar-refractivity contribution is 6.33. The average molecular weight is 332 g/mol. The number of hydrogen-bond donors (Lipinski definition) is 2. The molecule has 0 aliphatic carbocycles. The summed E-state index contributed by atoms with van der Waals surface area (Å²) in [6, 6.07) is 15.1. The van der Waals surface area contributed by atoms with Crippen molar-refractivity contribution in [2.24, 2.45) is 5.73 Å². The van der Waals surface area contributed by atoms with E-state index in [4.69, 9.17) is 17.3 Å².